The van der Waals surface area contributed by atoms with Crippen molar-refractivity contribution in [3.63, 3.8) is 0 Å². The highest BCUT2D eigenvalue weighted by Crippen LogP contribution is 2.37. The van der Waals surface area contributed by atoms with E-state index in [4.69, 9.17) is 0 Å². The van der Waals surface area contributed by atoms with Crippen molar-refractivity contribution in [2.75, 3.05) is 0 Å². The van der Waals surface area contributed by atoms with Crippen LogP contribution >= 0.6 is 0 Å². The lowest BCUT2D eigenvalue weighted by Crippen LogP contribution is -2.29. The first-order valence-corrected chi connectivity index (χ1v) is 7.17. The minimum absolute atomic E-state index is 0.363. The highest BCUT2D eigenvalue weighted by Gasteiger charge is 2.31. The smallest absolute Gasteiger partial charge is 0.133 e. The molecular weight excluding hydrogens is 196 g/mol. The van der Waals surface area contributed by atoms with Crippen LogP contribution in [0.15, 0.2) is 0 Å². The third kappa shape index (κ3) is 3.92. The predicted molar refractivity (Wildman–Crippen MR) is 69.4 cm³/mol. The van der Waals surface area contributed by atoms with Gasteiger partial charge in [-0.3, -0.25) is 4.79 Å². The summed E-state index contributed by atoms with van der Waals surface area (Å²) in [5.74, 6) is 2.25. The molecule has 1 heteroatoms. The molecule has 1 saturated carbocycles. The Labute approximate surface area is 101 Å². The summed E-state index contributed by atoms with van der Waals surface area (Å²) < 4.78 is 0. The maximum atomic E-state index is 11.8. The van der Waals surface area contributed by atoms with Gasteiger partial charge in [-0.2, -0.15) is 0 Å². The van der Waals surface area contributed by atoms with Gasteiger partial charge in [0.05, 0.1) is 0 Å². The Morgan fingerprint density at radius 1 is 1.25 bits per heavy atom. The second-order valence-electron chi connectivity index (χ2n) is 5.64. The van der Waals surface area contributed by atoms with Crippen LogP contribution in [0.1, 0.15) is 72.1 Å². The zero-order chi connectivity index (χ0) is 12.0. The maximum absolute atomic E-state index is 11.8. The monoisotopic (exact) mass is 224 g/mol. The van der Waals surface area contributed by atoms with Crippen LogP contribution in [0.4, 0.5) is 0 Å². The molecule has 1 fully saturated rings. The van der Waals surface area contributed by atoms with Crippen LogP contribution in [0, 0.1) is 17.8 Å². The summed E-state index contributed by atoms with van der Waals surface area (Å²) in [5.41, 5.74) is 0. The highest BCUT2D eigenvalue weighted by atomic mass is 16.1. The lowest BCUT2D eigenvalue weighted by molar-refractivity contribution is -0.123. The molecule has 1 nitrogen and oxygen atoms in total. The lowest BCUT2D eigenvalue weighted by atomic mass is 9.70. The Hall–Kier alpha value is -0.330. The topological polar surface area (TPSA) is 17.1 Å². The summed E-state index contributed by atoms with van der Waals surface area (Å²) in [6.45, 7) is 6.38. The van der Waals surface area contributed by atoms with Gasteiger partial charge in [-0.1, -0.05) is 52.4 Å². The van der Waals surface area contributed by atoms with Crippen LogP contribution in [-0.4, -0.2) is 5.78 Å². The molecule has 0 aliphatic heterocycles. The summed E-state index contributed by atoms with van der Waals surface area (Å²) in [4.78, 5) is 11.8. The number of Topliss-reactive ketones (excluding diaryl/α,β-unsaturated/α-hetero) is 1. The van der Waals surface area contributed by atoms with Crippen molar-refractivity contribution in [2.24, 2.45) is 17.8 Å². The minimum Gasteiger partial charge on any atom is -0.300 e. The number of ketones is 1. The fraction of sp³-hybridized carbons (Fsp3) is 0.933. The van der Waals surface area contributed by atoms with Crippen molar-refractivity contribution in [1.82, 2.24) is 0 Å². The third-order valence-corrected chi connectivity index (χ3v) is 4.34. The molecule has 0 heterocycles. The number of hydrogen-bond acceptors (Lipinski definition) is 1. The zero-order valence-electron chi connectivity index (χ0n) is 11.3. The highest BCUT2D eigenvalue weighted by molar-refractivity contribution is 5.78. The number of carbonyl (C=O) groups excluding carboxylic acids is 1. The summed E-state index contributed by atoms with van der Waals surface area (Å²) in [6.07, 6.45) is 10.3. The van der Waals surface area contributed by atoms with Crippen LogP contribution in [0.25, 0.3) is 0 Å². The van der Waals surface area contributed by atoms with Crippen LogP contribution in [0.2, 0.25) is 0 Å². The molecule has 16 heavy (non-hydrogen) atoms. The van der Waals surface area contributed by atoms with Gasteiger partial charge in [-0.25, -0.2) is 0 Å². The average molecular weight is 224 g/mol. The fourth-order valence-electron chi connectivity index (χ4n) is 3.28. The SMILES string of the molecule is CCCCCC(C(C)=O)C1CCCCC1C. The van der Waals surface area contributed by atoms with E-state index in [-0.39, 0.29) is 0 Å². The van der Waals surface area contributed by atoms with Crippen molar-refractivity contribution in [1.29, 1.82) is 0 Å². The first-order chi connectivity index (χ1) is 7.66. The third-order valence-electron chi connectivity index (χ3n) is 4.34. The molecular formula is C15H28O. The molecule has 0 spiro atoms. The van der Waals surface area contributed by atoms with Crippen molar-refractivity contribution < 1.29 is 4.79 Å². The van der Waals surface area contributed by atoms with E-state index in [1.165, 1.54) is 44.9 Å². The lowest BCUT2D eigenvalue weighted by Gasteiger charge is -2.34. The van der Waals surface area contributed by atoms with Gasteiger partial charge in [-0.05, 0) is 31.6 Å². The van der Waals surface area contributed by atoms with Crippen LogP contribution in [0.5, 0.6) is 0 Å². The van der Waals surface area contributed by atoms with E-state index in [2.05, 4.69) is 13.8 Å². The molecule has 0 radical (unpaired) electrons. The number of hydrogen-bond donors (Lipinski definition) is 0. The summed E-state index contributed by atoms with van der Waals surface area (Å²) >= 11 is 0. The number of carbonyl (C=O) groups is 1. The van der Waals surface area contributed by atoms with Crippen LogP contribution < -0.4 is 0 Å². The van der Waals surface area contributed by atoms with Gasteiger partial charge in [0.25, 0.3) is 0 Å². The van der Waals surface area contributed by atoms with E-state index in [1.54, 1.807) is 6.92 Å². The first kappa shape index (κ1) is 13.7. The Bertz CT molecular complexity index is 209. The molecule has 0 bridgehead atoms. The van der Waals surface area contributed by atoms with Crippen LogP contribution in [0.3, 0.4) is 0 Å². The van der Waals surface area contributed by atoms with Gasteiger partial charge in [0.2, 0.25) is 0 Å². The summed E-state index contributed by atoms with van der Waals surface area (Å²) in [7, 11) is 0. The quantitative estimate of drug-likeness (QED) is 0.603. The molecule has 0 amide bonds. The van der Waals surface area contributed by atoms with Gasteiger partial charge in [0.15, 0.2) is 0 Å². The maximum Gasteiger partial charge on any atom is 0.133 e. The Morgan fingerprint density at radius 3 is 2.50 bits per heavy atom. The Balaban J connectivity index is 2.50. The van der Waals surface area contributed by atoms with E-state index >= 15 is 0 Å². The molecule has 0 aromatic heterocycles. The second-order valence-corrected chi connectivity index (χ2v) is 5.64. The van der Waals surface area contributed by atoms with Crippen LogP contribution in [-0.2, 0) is 4.79 Å². The largest absolute Gasteiger partial charge is 0.300 e. The fourth-order valence-corrected chi connectivity index (χ4v) is 3.28. The molecule has 1 aliphatic rings. The summed E-state index contributed by atoms with van der Waals surface area (Å²) in [6, 6.07) is 0. The molecule has 1 rings (SSSR count). The minimum atomic E-state index is 0.363. The van der Waals surface area contributed by atoms with E-state index in [0.717, 1.165) is 12.3 Å². The molecule has 0 N–H and O–H groups in total. The summed E-state index contributed by atoms with van der Waals surface area (Å²) in [5, 5.41) is 0. The number of unbranched alkanes of at least 4 members (excludes halogenated alkanes) is 2. The van der Waals surface area contributed by atoms with Gasteiger partial charge in [0, 0.05) is 5.92 Å². The molecule has 0 aromatic carbocycles. The number of rotatable bonds is 6. The van der Waals surface area contributed by atoms with Gasteiger partial charge >= 0.3 is 0 Å². The van der Waals surface area contributed by atoms with Gasteiger partial charge in [0.1, 0.15) is 5.78 Å². The van der Waals surface area contributed by atoms with E-state index < -0.39 is 0 Å². The molecule has 94 valence electrons. The normalized spacial score (nSPS) is 27.7. The average Bonchev–Trinajstić information content (AvgIpc) is 2.25. The van der Waals surface area contributed by atoms with Crippen molar-refractivity contribution in [3.05, 3.63) is 0 Å². The predicted octanol–water partition coefficient (Wildman–Crippen LogP) is 4.60. The van der Waals surface area contributed by atoms with Gasteiger partial charge < -0.3 is 0 Å². The van der Waals surface area contributed by atoms with Crippen molar-refractivity contribution >= 4 is 5.78 Å². The van der Waals surface area contributed by atoms with Crippen molar-refractivity contribution in [2.45, 2.75) is 72.1 Å². The van der Waals surface area contributed by atoms with E-state index in [9.17, 15) is 4.79 Å². The standard InChI is InChI=1S/C15H28O/c1-4-5-6-11-15(13(3)16)14-10-8-7-9-12(14)2/h12,14-15H,4-11H2,1-3H3. The first-order valence-electron chi connectivity index (χ1n) is 7.17. The van der Waals surface area contributed by atoms with Gasteiger partial charge in [-0.15, -0.1) is 0 Å². The Kier molecular flexibility index (Phi) is 6.08. The molecule has 1 aliphatic carbocycles. The van der Waals surface area contributed by atoms with Crippen molar-refractivity contribution in [3.8, 4) is 0 Å². The van der Waals surface area contributed by atoms with E-state index in [0.29, 0.717) is 17.6 Å². The zero-order valence-corrected chi connectivity index (χ0v) is 11.3. The molecule has 0 saturated heterocycles. The molecule has 3 atom stereocenters. The second kappa shape index (κ2) is 7.09. The molecule has 3 unspecified atom stereocenters. The molecule has 0 aromatic rings. The van der Waals surface area contributed by atoms with E-state index in [1.807, 2.05) is 0 Å². The Morgan fingerprint density at radius 2 is 1.94 bits per heavy atom.